The van der Waals surface area contributed by atoms with Gasteiger partial charge in [-0.1, -0.05) is 6.07 Å². The lowest BCUT2D eigenvalue weighted by Gasteiger charge is -2.14. The molecule has 0 bridgehead atoms. The van der Waals surface area contributed by atoms with E-state index in [0.717, 1.165) is 41.7 Å². The Balaban J connectivity index is 1.30. The van der Waals surface area contributed by atoms with E-state index in [-0.39, 0.29) is 0 Å². The van der Waals surface area contributed by atoms with Crippen molar-refractivity contribution in [2.45, 2.75) is 25.8 Å². The van der Waals surface area contributed by atoms with E-state index in [9.17, 15) is 0 Å². The third kappa shape index (κ3) is 5.06. The summed E-state index contributed by atoms with van der Waals surface area (Å²) in [5.41, 5.74) is 1.94. The van der Waals surface area contributed by atoms with Crippen LogP contribution in [-0.2, 0) is 6.54 Å². The largest absolute Gasteiger partial charge is 0.490 e. The number of guanidine groups is 1. The maximum absolute atomic E-state index is 5.74. The van der Waals surface area contributed by atoms with E-state index in [1.165, 1.54) is 12.8 Å². The molecule has 4 rings (SSSR count). The van der Waals surface area contributed by atoms with E-state index in [1.54, 1.807) is 7.05 Å². The van der Waals surface area contributed by atoms with Crippen LogP contribution in [0.15, 0.2) is 41.5 Å². The zero-order valence-electron chi connectivity index (χ0n) is 16.1. The molecule has 2 aromatic rings. The molecule has 7 heteroatoms. The molecule has 0 saturated heterocycles. The molecule has 2 aliphatic rings. The SMILES string of the molecule is CN=C(NCc1ccc(OCC2CC2)nc1)Nc1ccc2c(c1)OCCCO2. The van der Waals surface area contributed by atoms with Crippen LogP contribution in [0.1, 0.15) is 24.8 Å². The Hall–Kier alpha value is -2.96. The molecule has 0 atom stereocenters. The third-order valence-corrected chi connectivity index (χ3v) is 4.66. The highest BCUT2D eigenvalue weighted by Gasteiger charge is 2.22. The molecule has 1 aromatic carbocycles. The molecule has 1 fully saturated rings. The summed E-state index contributed by atoms with van der Waals surface area (Å²) >= 11 is 0. The molecule has 28 heavy (non-hydrogen) atoms. The second kappa shape index (κ2) is 8.82. The number of benzene rings is 1. The molecule has 1 aromatic heterocycles. The van der Waals surface area contributed by atoms with Crippen molar-refractivity contribution in [2.24, 2.45) is 10.9 Å². The fourth-order valence-corrected chi connectivity index (χ4v) is 2.83. The zero-order chi connectivity index (χ0) is 19.2. The van der Waals surface area contributed by atoms with Crippen LogP contribution in [0.25, 0.3) is 0 Å². The van der Waals surface area contributed by atoms with E-state index in [2.05, 4.69) is 20.6 Å². The van der Waals surface area contributed by atoms with Crippen molar-refractivity contribution < 1.29 is 14.2 Å². The van der Waals surface area contributed by atoms with Gasteiger partial charge in [0, 0.05) is 44.0 Å². The van der Waals surface area contributed by atoms with Crippen LogP contribution < -0.4 is 24.8 Å². The molecular weight excluding hydrogens is 356 g/mol. The predicted octanol–water partition coefficient (Wildman–Crippen LogP) is 3.22. The number of aromatic nitrogens is 1. The first kappa shape index (κ1) is 18.4. The Kier molecular flexibility index (Phi) is 5.80. The van der Waals surface area contributed by atoms with Gasteiger partial charge in [0.05, 0.1) is 19.8 Å². The highest BCUT2D eigenvalue weighted by atomic mass is 16.5. The second-order valence-electron chi connectivity index (χ2n) is 7.02. The van der Waals surface area contributed by atoms with Crippen molar-refractivity contribution in [1.29, 1.82) is 0 Å². The van der Waals surface area contributed by atoms with Crippen LogP contribution in [0, 0.1) is 5.92 Å². The normalized spacial score (nSPS) is 16.2. The van der Waals surface area contributed by atoms with Gasteiger partial charge < -0.3 is 24.8 Å². The van der Waals surface area contributed by atoms with Crippen molar-refractivity contribution in [2.75, 3.05) is 32.2 Å². The van der Waals surface area contributed by atoms with E-state index in [0.29, 0.717) is 31.6 Å². The van der Waals surface area contributed by atoms with E-state index in [4.69, 9.17) is 14.2 Å². The molecule has 0 spiro atoms. The number of anilines is 1. The molecule has 0 unspecified atom stereocenters. The first-order valence-electron chi connectivity index (χ1n) is 9.75. The van der Waals surface area contributed by atoms with Crippen LogP contribution in [0.5, 0.6) is 17.4 Å². The van der Waals surface area contributed by atoms with Gasteiger partial charge >= 0.3 is 0 Å². The van der Waals surface area contributed by atoms with Crippen LogP contribution in [0.4, 0.5) is 5.69 Å². The first-order valence-corrected chi connectivity index (χ1v) is 9.75. The predicted molar refractivity (Wildman–Crippen MR) is 108 cm³/mol. The number of ether oxygens (including phenoxy) is 3. The lowest BCUT2D eigenvalue weighted by atomic mass is 10.2. The van der Waals surface area contributed by atoms with Crippen molar-refractivity contribution in [3.05, 3.63) is 42.1 Å². The van der Waals surface area contributed by atoms with Gasteiger partial charge in [-0.05, 0) is 36.5 Å². The number of hydrogen-bond donors (Lipinski definition) is 2. The summed E-state index contributed by atoms with van der Waals surface area (Å²) in [6.07, 6.45) is 5.27. The van der Waals surface area contributed by atoms with Crippen LogP contribution >= 0.6 is 0 Å². The van der Waals surface area contributed by atoms with Crippen molar-refractivity contribution in [1.82, 2.24) is 10.3 Å². The fraction of sp³-hybridized carbons (Fsp3) is 0.429. The standard InChI is InChI=1S/C21H26N4O3/c1-22-21(25-17-6-7-18-19(11-17)27-10-2-9-26-18)24-13-16-5-8-20(23-12-16)28-14-15-3-4-15/h5-8,11-12,15H,2-4,9-10,13-14H2,1H3,(H2,22,24,25). The molecule has 1 aliphatic heterocycles. The van der Waals surface area contributed by atoms with Gasteiger partial charge in [-0.25, -0.2) is 4.98 Å². The number of pyridine rings is 1. The van der Waals surface area contributed by atoms with Crippen LogP contribution in [0.2, 0.25) is 0 Å². The fourth-order valence-electron chi connectivity index (χ4n) is 2.83. The van der Waals surface area contributed by atoms with E-state index in [1.807, 2.05) is 36.5 Å². The van der Waals surface area contributed by atoms with Crippen LogP contribution in [0.3, 0.4) is 0 Å². The maximum Gasteiger partial charge on any atom is 0.213 e. The molecule has 2 N–H and O–H groups in total. The first-order chi connectivity index (χ1) is 13.8. The molecule has 0 amide bonds. The quantitative estimate of drug-likeness (QED) is 0.590. The molecule has 1 saturated carbocycles. The van der Waals surface area contributed by atoms with Crippen molar-refractivity contribution in [3.63, 3.8) is 0 Å². The topological polar surface area (TPSA) is 77.0 Å². The number of aliphatic imine (C=N–C) groups is 1. The second-order valence-corrected chi connectivity index (χ2v) is 7.02. The molecular formula is C21H26N4O3. The number of rotatable bonds is 6. The highest BCUT2D eigenvalue weighted by Crippen LogP contribution is 2.32. The average Bonchev–Trinajstić information content (AvgIpc) is 3.57. The Bertz CT molecular complexity index is 819. The zero-order valence-corrected chi connectivity index (χ0v) is 16.1. The third-order valence-electron chi connectivity index (χ3n) is 4.66. The van der Waals surface area contributed by atoms with Gasteiger partial charge in [-0.2, -0.15) is 0 Å². The number of fused-ring (bicyclic) bond motifs is 1. The maximum atomic E-state index is 5.74. The number of hydrogen-bond acceptors (Lipinski definition) is 5. The monoisotopic (exact) mass is 382 g/mol. The highest BCUT2D eigenvalue weighted by molar-refractivity contribution is 5.93. The minimum absolute atomic E-state index is 0.611. The molecule has 1 aliphatic carbocycles. The average molecular weight is 382 g/mol. The van der Waals surface area contributed by atoms with Gasteiger partial charge in [0.15, 0.2) is 17.5 Å². The lowest BCUT2D eigenvalue weighted by molar-refractivity contribution is 0.288. The molecule has 2 heterocycles. The summed E-state index contributed by atoms with van der Waals surface area (Å²) in [4.78, 5) is 8.65. The summed E-state index contributed by atoms with van der Waals surface area (Å²) in [6.45, 7) is 2.73. The number of nitrogens with zero attached hydrogens (tertiary/aromatic N) is 2. The Morgan fingerprint density at radius 2 is 2.04 bits per heavy atom. The van der Waals surface area contributed by atoms with Gasteiger partial charge in [0.2, 0.25) is 5.88 Å². The Morgan fingerprint density at radius 3 is 2.79 bits per heavy atom. The Morgan fingerprint density at radius 1 is 1.18 bits per heavy atom. The van der Waals surface area contributed by atoms with Gasteiger partial charge in [0.25, 0.3) is 0 Å². The lowest BCUT2D eigenvalue weighted by Crippen LogP contribution is -2.30. The van der Waals surface area contributed by atoms with Gasteiger partial charge in [0.1, 0.15) is 0 Å². The van der Waals surface area contributed by atoms with Crippen molar-refractivity contribution >= 4 is 11.6 Å². The smallest absolute Gasteiger partial charge is 0.213 e. The minimum Gasteiger partial charge on any atom is -0.490 e. The summed E-state index contributed by atoms with van der Waals surface area (Å²) in [5.74, 6) is 3.61. The van der Waals surface area contributed by atoms with E-state index < -0.39 is 0 Å². The Labute approximate surface area is 165 Å². The molecule has 0 radical (unpaired) electrons. The summed E-state index contributed by atoms with van der Waals surface area (Å²) in [6, 6.07) is 9.73. The van der Waals surface area contributed by atoms with Crippen LogP contribution in [-0.4, -0.2) is 37.8 Å². The van der Waals surface area contributed by atoms with Gasteiger partial charge in [-0.3, -0.25) is 4.99 Å². The molecule has 148 valence electrons. The number of nitrogens with one attached hydrogen (secondary N) is 2. The van der Waals surface area contributed by atoms with Crippen molar-refractivity contribution in [3.8, 4) is 17.4 Å². The summed E-state index contributed by atoms with van der Waals surface area (Å²) < 4.78 is 17.1. The minimum atomic E-state index is 0.611. The molecule has 7 nitrogen and oxygen atoms in total. The summed E-state index contributed by atoms with van der Waals surface area (Å²) in [7, 11) is 1.74. The van der Waals surface area contributed by atoms with Gasteiger partial charge in [-0.15, -0.1) is 0 Å². The summed E-state index contributed by atoms with van der Waals surface area (Å²) in [5, 5.41) is 6.57. The van der Waals surface area contributed by atoms with E-state index >= 15 is 0 Å².